The average molecular weight is 501 g/mol. The fraction of sp³-hybridized carbons (Fsp3) is 0.179. The lowest BCUT2D eigenvalue weighted by Gasteiger charge is -2.23. The van der Waals surface area contributed by atoms with Crippen LogP contribution in [0.5, 0.6) is 11.5 Å². The molecule has 1 N–H and O–H groups in total. The number of methoxy groups -OCH3 is 2. The second kappa shape index (κ2) is 9.13. The highest BCUT2D eigenvalue weighted by atomic mass is 32.1. The van der Waals surface area contributed by atoms with Gasteiger partial charge in [0.25, 0.3) is 5.78 Å². The molecule has 0 radical (unpaired) electrons. The number of anilines is 1. The molecule has 0 aliphatic carbocycles. The van der Waals surface area contributed by atoms with E-state index in [2.05, 4.69) is 4.98 Å². The summed E-state index contributed by atoms with van der Waals surface area (Å²) in [7, 11) is 3.13. The fourth-order valence-corrected chi connectivity index (χ4v) is 5.53. The van der Waals surface area contributed by atoms with Crippen molar-refractivity contribution in [2.24, 2.45) is 0 Å². The number of nitrogens with zero attached hydrogens (tertiary/aromatic N) is 2. The maximum absolute atomic E-state index is 13.4. The predicted octanol–water partition coefficient (Wildman–Crippen LogP) is 5.56. The lowest BCUT2D eigenvalue weighted by molar-refractivity contribution is -0.132. The molecule has 36 heavy (non-hydrogen) atoms. The summed E-state index contributed by atoms with van der Waals surface area (Å²) in [4.78, 5) is 32.9. The van der Waals surface area contributed by atoms with Gasteiger partial charge < -0.3 is 14.6 Å². The summed E-state index contributed by atoms with van der Waals surface area (Å²) in [5, 5.41) is 11.8. The minimum atomic E-state index is -0.861. The van der Waals surface area contributed by atoms with Crippen LogP contribution in [0.15, 0.2) is 66.2 Å². The number of aryl methyl sites for hydroxylation is 2. The zero-order valence-corrected chi connectivity index (χ0v) is 21.1. The van der Waals surface area contributed by atoms with Gasteiger partial charge in [-0.2, -0.15) is 0 Å². The van der Waals surface area contributed by atoms with Gasteiger partial charge in [0.2, 0.25) is 0 Å². The Bertz CT molecular complexity index is 1540. The highest BCUT2D eigenvalue weighted by Crippen LogP contribution is 2.44. The molecular weight excluding hydrogens is 476 g/mol. The third-order valence-electron chi connectivity index (χ3n) is 6.28. The number of ketones is 1. The molecule has 1 fully saturated rings. The third-order valence-corrected chi connectivity index (χ3v) is 7.30. The Hall–Kier alpha value is -4.17. The summed E-state index contributed by atoms with van der Waals surface area (Å²) in [6, 6.07) is 17.2. The molecule has 8 heteroatoms. The second-order valence-corrected chi connectivity index (χ2v) is 9.60. The number of thiazole rings is 1. The predicted molar refractivity (Wildman–Crippen MR) is 140 cm³/mol. The van der Waals surface area contributed by atoms with Crippen molar-refractivity contribution in [1.82, 2.24) is 4.98 Å². The molecule has 1 aliphatic heterocycles. The SMILES string of the molecule is COc1ccc([C@@H]2/C(=C(\O)c3ccc(OC)c(C)c3)C(=O)C(=O)N2c2nc3ccc(C)cc3s2)cc1. The molecule has 5 rings (SSSR count). The number of benzene rings is 3. The van der Waals surface area contributed by atoms with E-state index in [0.717, 1.165) is 21.3 Å². The van der Waals surface area contributed by atoms with Gasteiger partial charge in [0.15, 0.2) is 5.13 Å². The number of carbonyl (C=O) groups is 2. The summed E-state index contributed by atoms with van der Waals surface area (Å²) >= 11 is 1.33. The van der Waals surface area contributed by atoms with E-state index in [1.807, 2.05) is 32.0 Å². The van der Waals surface area contributed by atoms with Crippen LogP contribution in [0, 0.1) is 13.8 Å². The zero-order valence-electron chi connectivity index (χ0n) is 20.2. The Labute approximate surface area is 212 Å². The smallest absolute Gasteiger partial charge is 0.301 e. The van der Waals surface area contributed by atoms with E-state index < -0.39 is 17.7 Å². The highest BCUT2D eigenvalue weighted by molar-refractivity contribution is 7.22. The first kappa shape index (κ1) is 23.6. The Balaban J connectivity index is 1.71. The van der Waals surface area contributed by atoms with Crippen molar-refractivity contribution < 1.29 is 24.2 Å². The molecule has 4 aromatic rings. The Kier molecular flexibility index (Phi) is 5.97. The molecular formula is C28H24N2O5S. The molecule has 3 aromatic carbocycles. The molecule has 0 spiro atoms. The van der Waals surface area contributed by atoms with Gasteiger partial charge in [0.1, 0.15) is 17.3 Å². The van der Waals surface area contributed by atoms with E-state index >= 15 is 0 Å². The second-order valence-electron chi connectivity index (χ2n) is 8.59. The number of aliphatic hydroxyl groups is 1. The van der Waals surface area contributed by atoms with Crippen molar-refractivity contribution in [2.45, 2.75) is 19.9 Å². The van der Waals surface area contributed by atoms with E-state index in [1.165, 1.54) is 16.2 Å². The largest absolute Gasteiger partial charge is 0.507 e. The van der Waals surface area contributed by atoms with E-state index in [1.54, 1.807) is 56.7 Å². The first-order valence-electron chi connectivity index (χ1n) is 11.3. The average Bonchev–Trinajstić information content (AvgIpc) is 3.41. The quantitative estimate of drug-likeness (QED) is 0.219. The molecule has 1 amide bonds. The van der Waals surface area contributed by atoms with Gasteiger partial charge in [0, 0.05) is 5.56 Å². The lowest BCUT2D eigenvalue weighted by Crippen LogP contribution is -2.29. The van der Waals surface area contributed by atoms with Crippen molar-refractivity contribution in [2.75, 3.05) is 19.1 Å². The van der Waals surface area contributed by atoms with Gasteiger partial charge in [-0.05, 0) is 73.0 Å². The number of ether oxygens (including phenoxy) is 2. The first-order chi connectivity index (χ1) is 17.3. The molecule has 1 atom stereocenters. The number of carbonyl (C=O) groups excluding carboxylic acids is 2. The van der Waals surface area contributed by atoms with Crippen LogP contribution in [0.3, 0.4) is 0 Å². The Morgan fingerprint density at radius 3 is 2.39 bits per heavy atom. The maximum Gasteiger partial charge on any atom is 0.301 e. The molecule has 0 bridgehead atoms. The number of aromatic nitrogens is 1. The monoisotopic (exact) mass is 500 g/mol. The zero-order chi connectivity index (χ0) is 25.6. The van der Waals surface area contributed by atoms with Crippen LogP contribution in [0.2, 0.25) is 0 Å². The summed E-state index contributed by atoms with van der Waals surface area (Å²) in [5.41, 5.74) is 3.67. The lowest BCUT2D eigenvalue weighted by atomic mass is 9.95. The Morgan fingerprint density at radius 2 is 1.72 bits per heavy atom. The van der Waals surface area contributed by atoms with E-state index in [-0.39, 0.29) is 11.3 Å². The van der Waals surface area contributed by atoms with E-state index in [4.69, 9.17) is 9.47 Å². The van der Waals surface area contributed by atoms with Crippen molar-refractivity contribution in [3.63, 3.8) is 0 Å². The van der Waals surface area contributed by atoms with Gasteiger partial charge in [-0.25, -0.2) is 4.98 Å². The van der Waals surface area contributed by atoms with E-state index in [9.17, 15) is 14.7 Å². The molecule has 1 aliphatic rings. The van der Waals surface area contributed by atoms with Crippen molar-refractivity contribution in [3.8, 4) is 11.5 Å². The standard InChI is InChI=1S/C28H24N2O5S/c1-15-5-11-20-22(13-15)36-28(29-20)30-24(17-6-9-19(34-3)10-7-17)23(26(32)27(30)33)25(31)18-8-12-21(35-4)16(2)14-18/h5-14,24,31H,1-4H3/b25-23+/t24-/m1/s1. The van der Waals surface area contributed by atoms with Crippen molar-refractivity contribution in [1.29, 1.82) is 0 Å². The fourth-order valence-electron chi connectivity index (χ4n) is 4.44. The third kappa shape index (κ3) is 3.89. The van der Waals surface area contributed by atoms with Gasteiger partial charge in [-0.15, -0.1) is 0 Å². The number of amides is 1. The van der Waals surface area contributed by atoms with Gasteiger partial charge >= 0.3 is 5.91 Å². The normalized spacial score (nSPS) is 17.1. The summed E-state index contributed by atoms with van der Waals surface area (Å²) in [5.74, 6) is -0.463. The molecule has 0 unspecified atom stereocenters. The number of Topliss-reactive ketones (excluding diaryl/α,β-unsaturated/α-hetero) is 1. The van der Waals surface area contributed by atoms with Crippen LogP contribution in [0.4, 0.5) is 5.13 Å². The molecule has 2 heterocycles. The molecule has 182 valence electrons. The summed E-state index contributed by atoms with van der Waals surface area (Å²) < 4.78 is 11.5. The minimum absolute atomic E-state index is 0.00479. The molecule has 1 saturated heterocycles. The number of aliphatic hydroxyl groups excluding tert-OH is 1. The van der Waals surface area contributed by atoms with Crippen molar-refractivity contribution >= 4 is 44.1 Å². The van der Waals surface area contributed by atoms with Crippen LogP contribution in [0.25, 0.3) is 16.0 Å². The van der Waals surface area contributed by atoms with Gasteiger partial charge in [-0.1, -0.05) is 29.5 Å². The van der Waals surface area contributed by atoms with Crippen LogP contribution in [0.1, 0.15) is 28.3 Å². The highest BCUT2D eigenvalue weighted by Gasteiger charge is 2.48. The number of hydrogen-bond donors (Lipinski definition) is 1. The number of fused-ring (bicyclic) bond motifs is 1. The van der Waals surface area contributed by atoms with Gasteiger partial charge in [0.05, 0.1) is 36.1 Å². The summed E-state index contributed by atoms with van der Waals surface area (Å²) in [6.45, 7) is 3.83. The van der Waals surface area contributed by atoms with Crippen LogP contribution < -0.4 is 14.4 Å². The van der Waals surface area contributed by atoms with Crippen LogP contribution in [-0.2, 0) is 9.59 Å². The van der Waals surface area contributed by atoms with Crippen LogP contribution >= 0.6 is 11.3 Å². The first-order valence-corrected chi connectivity index (χ1v) is 12.1. The molecule has 0 saturated carbocycles. The molecule has 7 nitrogen and oxygen atoms in total. The van der Waals surface area contributed by atoms with Crippen LogP contribution in [-0.4, -0.2) is 36.0 Å². The van der Waals surface area contributed by atoms with Crippen molar-refractivity contribution in [3.05, 3.63) is 88.5 Å². The topological polar surface area (TPSA) is 89.0 Å². The number of hydrogen-bond acceptors (Lipinski definition) is 7. The van der Waals surface area contributed by atoms with E-state index in [0.29, 0.717) is 27.8 Å². The minimum Gasteiger partial charge on any atom is -0.507 e. The summed E-state index contributed by atoms with van der Waals surface area (Å²) in [6.07, 6.45) is 0. The van der Waals surface area contributed by atoms with Gasteiger partial charge in [-0.3, -0.25) is 14.5 Å². The maximum atomic E-state index is 13.4. The number of rotatable bonds is 5. The Morgan fingerprint density at radius 1 is 0.972 bits per heavy atom. The molecule has 1 aromatic heterocycles.